The molecule has 0 saturated heterocycles. The first-order chi connectivity index (χ1) is 11.4. The normalized spacial score (nSPS) is 18.5. The molecule has 3 heterocycles. The van der Waals surface area contributed by atoms with Crippen molar-refractivity contribution in [2.45, 2.75) is 47.0 Å². The summed E-state index contributed by atoms with van der Waals surface area (Å²) in [4.78, 5) is 19.5. The number of amides is 1. The van der Waals surface area contributed by atoms with Crippen LogP contribution >= 0.6 is 0 Å². The van der Waals surface area contributed by atoms with E-state index in [2.05, 4.69) is 43.2 Å². The molecule has 24 heavy (non-hydrogen) atoms. The molecule has 2 aromatic rings. The summed E-state index contributed by atoms with van der Waals surface area (Å²) >= 11 is 0. The van der Waals surface area contributed by atoms with Crippen LogP contribution in [0.25, 0.3) is 0 Å². The zero-order chi connectivity index (χ0) is 17.1. The lowest BCUT2D eigenvalue weighted by Crippen LogP contribution is -2.42. The van der Waals surface area contributed by atoms with Crippen LogP contribution in [0.15, 0.2) is 18.3 Å². The number of fused-ring (bicyclic) bond motifs is 3. The first kappa shape index (κ1) is 15.5. The van der Waals surface area contributed by atoms with Crippen molar-refractivity contribution < 1.29 is 4.79 Å². The number of carbonyl (C=O) groups excluding carboxylic acids is 1. The van der Waals surface area contributed by atoms with Gasteiger partial charge < -0.3 is 4.57 Å². The minimum Gasteiger partial charge on any atom is -0.339 e. The van der Waals surface area contributed by atoms with Gasteiger partial charge in [0, 0.05) is 25.0 Å². The maximum atomic E-state index is 13.1. The average molecular weight is 321 g/mol. The summed E-state index contributed by atoms with van der Waals surface area (Å²) < 4.78 is 2.25. The Hall–Kier alpha value is -2.04. The fraction of sp³-hybridized carbons (Fsp3) is 0.474. The van der Waals surface area contributed by atoms with Gasteiger partial charge in [-0.15, -0.1) is 0 Å². The summed E-state index contributed by atoms with van der Waals surface area (Å²) in [6.07, 6.45) is 3.96. The number of aromatic nitrogens is 2. The number of nitrogens with zero attached hydrogens (tertiary/aromatic N) is 3. The summed E-state index contributed by atoms with van der Waals surface area (Å²) in [6.45, 7) is 10.4. The molecule has 0 saturated carbocycles. The Morgan fingerprint density at radius 2 is 2.04 bits per heavy atom. The molecule has 1 amide bonds. The third-order valence-electron chi connectivity index (χ3n) is 5.55. The molecule has 0 bridgehead atoms. The summed E-state index contributed by atoms with van der Waals surface area (Å²) in [5, 5.41) is 0. The van der Waals surface area contributed by atoms with Crippen molar-refractivity contribution in [2.75, 3.05) is 11.4 Å². The van der Waals surface area contributed by atoms with Gasteiger partial charge in [-0.25, -0.2) is 4.98 Å². The predicted octanol–water partition coefficient (Wildman–Crippen LogP) is 2.09. The number of carbonyl (C=O) groups is 1. The van der Waals surface area contributed by atoms with Gasteiger partial charge in [-0.05, 0) is 48.4 Å². The van der Waals surface area contributed by atoms with E-state index in [9.17, 15) is 4.79 Å². The lowest BCUT2D eigenvalue weighted by molar-refractivity contribution is 0.0963. The molecule has 1 aliphatic heterocycles. The van der Waals surface area contributed by atoms with Gasteiger partial charge in [-0.2, -0.15) is 0 Å². The molecule has 0 fully saturated rings. The first-order valence-corrected chi connectivity index (χ1v) is 8.89. The van der Waals surface area contributed by atoms with Crippen molar-refractivity contribution in [3.05, 3.63) is 40.8 Å². The summed E-state index contributed by atoms with van der Waals surface area (Å²) in [5.74, 6) is 0.921. The first-order valence-electron chi connectivity index (χ1n) is 8.89. The third kappa shape index (κ3) is 2.21. The Labute approximate surface area is 144 Å². The van der Waals surface area contributed by atoms with Crippen LogP contribution in [-0.4, -0.2) is 29.3 Å². The number of rotatable bonds is 2. The summed E-state index contributed by atoms with van der Waals surface area (Å²) in [5.41, 5.74) is 6.28. The molecule has 4 rings (SSSR count). The van der Waals surface area contributed by atoms with Gasteiger partial charge in [0.2, 0.25) is 0 Å². The summed E-state index contributed by atoms with van der Waals surface area (Å²) in [6, 6.07) is 4.17. The monoisotopic (exact) mass is 321 g/mol. The highest BCUT2D eigenvalue weighted by atomic mass is 16.2. The Morgan fingerprint density at radius 1 is 1.25 bits per heavy atom. The van der Waals surface area contributed by atoms with E-state index < -0.39 is 0 Å². The number of hydrogen-bond acceptors (Lipinski definition) is 2. The van der Waals surface area contributed by atoms with E-state index in [1.54, 1.807) is 0 Å². The van der Waals surface area contributed by atoms with E-state index in [0.717, 1.165) is 43.7 Å². The Kier molecular flexibility index (Phi) is 3.38. The van der Waals surface area contributed by atoms with Crippen molar-refractivity contribution in [2.24, 2.45) is 5.41 Å². The van der Waals surface area contributed by atoms with Crippen molar-refractivity contribution in [3.63, 3.8) is 0 Å². The number of hydrogen-bond donors (Lipinski definition) is 0. The molecule has 124 valence electrons. The van der Waals surface area contributed by atoms with Crippen LogP contribution in [0.1, 0.15) is 41.2 Å². The van der Waals surface area contributed by atoms with E-state index >= 15 is 0 Å². The maximum Gasteiger partial charge on any atom is 0.276 e. The Balaban J connectivity index is 1.72. The maximum absolute atomic E-state index is 13.1. The molecular formula is C19H24BN3O. The van der Waals surface area contributed by atoms with E-state index in [1.807, 2.05) is 17.2 Å². The fourth-order valence-corrected chi connectivity index (χ4v) is 4.33. The van der Waals surface area contributed by atoms with Crippen LogP contribution in [0.2, 0.25) is 6.82 Å². The highest BCUT2D eigenvalue weighted by molar-refractivity contribution is 6.52. The molecule has 0 unspecified atom stereocenters. The largest absolute Gasteiger partial charge is 0.339 e. The lowest BCUT2D eigenvalue weighted by atomic mass is 9.71. The van der Waals surface area contributed by atoms with Gasteiger partial charge >= 0.3 is 0 Å². The van der Waals surface area contributed by atoms with Crippen molar-refractivity contribution in [1.82, 2.24) is 9.55 Å². The SMILES string of the molecule is CBc1ccnc(N2CCn3c(cc4c3CC(C)(C)C4)C2=O)c1C. The molecule has 0 N–H and O–H groups in total. The highest BCUT2D eigenvalue weighted by Crippen LogP contribution is 2.39. The predicted molar refractivity (Wildman–Crippen MR) is 98.9 cm³/mol. The molecule has 2 aliphatic rings. The standard InChI is InChI=1S/C19H24BN3O/c1-12-14(20-4)5-6-21-17(12)23-8-7-22-15(18(23)24)9-13-10-19(2,3)11-16(13)22/h5-6,9,20H,7-8,10-11H2,1-4H3. The second-order valence-corrected chi connectivity index (χ2v) is 7.90. The van der Waals surface area contributed by atoms with Gasteiger partial charge in [-0.3, -0.25) is 9.69 Å². The van der Waals surface area contributed by atoms with Gasteiger partial charge in [0.1, 0.15) is 11.5 Å². The van der Waals surface area contributed by atoms with Crippen molar-refractivity contribution >= 4 is 24.5 Å². The average Bonchev–Trinajstić information content (AvgIpc) is 3.01. The molecule has 0 atom stereocenters. The number of anilines is 1. The minimum atomic E-state index is 0.0947. The van der Waals surface area contributed by atoms with E-state index in [0.29, 0.717) is 12.0 Å². The molecule has 0 radical (unpaired) electrons. The fourth-order valence-electron chi connectivity index (χ4n) is 4.33. The van der Waals surface area contributed by atoms with Crippen LogP contribution in [0.5, 0.6) is 0 Å². The molecule has 5 heteroatoms. The zero-order valence-corrected chi connectivity index (χ0v) is 15.0. The van der Waals surface area contributed by atoms with E-state index in [-0.39, 0.29) is 5.91 Å². The lowest BCUT2D eigenvalue weighted by Gasteiger charge is -2.30. The van der Waals surface area contributed by atoms with Crippen LogP contribution < -0.4 is 10.4 Å². The van der Waals surface area contributed by atoms with Gasteiger partial charge in [0.15, 0.2) is 7.28 Å². The summed E-state index contributed by atoms with van der Waals surface area (Å²) in [7, 11) is 0.961. The minimum absolute atomic E-state index is 0.0947. The van der Waals surface area contributed by atoms with Gasteiger partial charge in [-0.1, -0.05) is 26.1 Å². The topological polar surface area (TPSA) is 38.1 Å². The van der Waals surface area contributed by atoms with Gasteiger partial charge in [0.05, 0.1) is 0 Å². The second kappa shape index (κ2) is 5.23. The number of pyridine rings is 1. The smallest absolute Gasteiger partial charge is 0.276 e. The van der Waals surface area contributed by atoms with Crippen LogP contribution in [0.3, 0.4) is 0 Å². The van der Waals surface area contributed by atoms with Crippen LogP contribution in [0, 0.1) is 12.3 Å². The molecule has 1 aliphatic carbocycles. The van der Waals surface area contributed by atoms with E-state index in [4.69, 9.17) is 0 Å². The highest BCUT2D eigenvalue weighted by Gasteiger charge is 2.37. The molecule has 2 aromatic heterocycles. The van der Waals surface area contributed by atoms with E-state index in [1.165, 1.54) is 16.7 Å². The van der Waals surface area contributed by atoms with Crippen molar-refractivity contribution in [1.29, 1.82) is 0 Å². The van der Waals surface area contributed by atoms with Crippen LogP contribution in [-0.2, 0) is 19.4 Å². The quantitative estimate of drug-likeness (QED) is 0.795. The molecule has 0 spiro atoms. The molecule has 0 aromatic carbocycles. The Morgan fingerprint density at radius 3 is 2.79 bits per heavy atom. The third-order valence-corrected chi connectivity index (χ3v) is 5.55. The Bertz CT molecular complexity index is 837. The molecule has 4 nitrogen and oxygen atoms in total. The van der Waals surface area contributed by atoms with Crippen LogP contribution in [0.4, 0.5) is 5.82 Å². The zero-order valence-electron chi connectivity index (χ0n) is 15.0. The molecular weight excluding hydrogens is 297 g/mol. The van der Waals surface area contributed by atoms with Crippen molar-refractivity contribution in [3.8, 4) is 0 Å². The second-order valence-electron chi connectivity index (χ2n) is 7.90. The van der Waals surface area contributed by atoms with Gasteiger partial charge in [0.25, 0.3) is 5.91 Å².